The molecule has 21 heavy (non-hydrogen) atoms. The van der Waals surface area contributed by atoms with E-state index in [0.717, 1.165) is 5.56 Å². The van der Waals surface area contributed by atoms with Gasteiger partial charge in [-0.1, -0.05) is 12.1 Å². The first-order valence-corrected chi connectivity index (χ1v) is 7.99. The minimum absolute atomic E-state index is 0.172. The van der Waals surface area contributed by atoms with Crippen LogP contribution in [0.25, 0.3) is 0 Å². The summed E-state index contributed by atoms with van der Waals surface area (Å²) in [6.45, 7) is 1.91. The lowest BCUT2D eigenvalue weighted by atomic mass is 10.0. The Kier molecular flexibility index (Phi) is 3.03. The van der Waals surface area contributed by atoms with Crippen molar-refractivity contribution in [2.24, 2.45) is 11.8 Å². The fraction of sp³-hybridized carbons (Fsp3) is 0.588. The minimum atomic E-state index is -0.240. The van der Waals surface area contributed by atoms with Crippen LogP contribution in [-0.4, -0.2) is 22.9 Å². The second kappa shape index (κ2) is 4.80. The van der Waals surface area contributed by atoms with Gasteiger partial charge in [-0.05, 0) is 62.1 Å². The zero-order valence-corrected chi connectivity index (χ0v) is 12.3. The van der Waals surface area contributed by atoms with E-state index in [9.17, 15) is 9.18 Å². The molecule has 1 heterocycles. The second-order valence-corrected chi connectivity index (χ2v) is 6.76. The van der Waals surface area contributed by atoms with Crippen LogP contribution >= 0.6 is 0 Å². The number of nitrogens with one attached hydrogen (secondary N) is 1. The Labute approximate surface area is 124 Å². The molecule has 0 radical (unpaired) electrons. The van der Waals surface area contributed by atoms with E-state index in [1.54, 1.807) is 12.1 Å². The Morgan fingerprint density at radius 2 is 1.90 bits per heavy atom. The van der Waals surface area contributed by atoms with E-state index in [2.05, 4.69) is 5.32 Å². The molecule has 2 atom stereocenters. The van der Waals surface area contributed by atoms with E-state index in [1.807, 2.05) is 17.9 Å². The first-order valence-electron chi connectivity index (χ1n) is 7.99. The lowest BCUT2D eigenvalue weighted by Gasteiger charge is -2.33. The number of carbonyl (C=O) groups excluding carboxylic acids is 1. The molecule has 3 aliphatic rings. The van der Waals surface area contributed by atoms with Crippen LogP contribution in [0.15, 0.2) is 24.3 Å². The third-order valence-corrected chi connectivity index (χ3v) is 5.01. The summed E-state index contributed by atoms with van der Waals surface area (Å²) in [5, 5.41) is 3.35. The third kappa shape index (κ3) is 2.35. The fourth-order valence-corrected chi connectivity index (χ4v) is 3.71. The molecule has 1 N–H and O–H groups in total. The van der Waals surface area contributed by atoms with E-state index in [-0.39, 0.29) is 23.9 Å². The molecule has 4 heteroatoms. The topological polar surface area (TPSA) is 32.3 Å². The van der Waals surface area contributed by atoms with Gasteiger partial charge in [-0.25, -0.2) is 4.39 Å². The average Bonchev–Trinajstić information content (AvgIpc) is 3.35. The smallest absolute Gasteiger partial charge is 0.241 e. The lowest BCUT2D eigenvalue weighted by molar-refractivity contribution is -0.133. The van der Waals surface area contributed by atoms with Gasteiger partial charge in [-0.2, -0.15) is 0 Å². The summed E-state index contributed by atoms with van der Waals surface area (Å²) in [6.07, 6.45) is 4.75. The molecule has 3 nitrogen and oxygen atoms in total. The summed E-state index contributed by atoms with van der Waals surface area (Å²) in [5.74, 6) is 1.25. The Hall–Kier alpha value is -1.42. The monoisotopic (exact) mass is 288 g/mol. The highest BCUT2D eigenvalue weighted by Crippen LogP contribution is 2.49. The van der Waals surface area contributed by atoms with E-state index in [4.69, 9.17) is 0 Å². The van der Waals surface area contributed by atoms with E-state index in [1.165, 1.54) is 31.7 Å². The van der Waals surface area contributed by atoms with Crippen molar-refractivity contribution in [3.05, 3.63) is 35.6 Å². The predicted octanol–water partition coefficient (Wildman–Crippen LogP) is 2.83. The van der Waals surface area contributed by atoms with Crippen LogP contribution in [0.3, 0.4) is 0 Å². The summed E-state index contributed by atoms with van der Waals surface area (Å²) < 4.78 is 13.6. The fourth-order valence-electron chi connectivity index (χ4n) is 3.71. The molecule has 0 aromatic heterocycles. The van der Waals surface area contributed by atoms with Crippen molar-refractivity contribution in [2.75, 3.05) is 0 Å². The van der Waals surface area contributed by atoms with E-state index >= 15 is 0 Å². The molecule has 1 aromatic carbocycles. The van der Waals surface area contributed by atoms with Crippen LogP contribution in [0.2, 0.25) is 0 Å². The summed E-state index contributed by atoms with van der Waals surface area (Å²) in [6, 6.07) is 6.80. The number of rotatable bonds is 4. The standard InChI is InChI=1S/C17H21FN2O/c1-10-17(21)20(15(11-5-6-11)12-7-8-12)16(19-10)13-3-2-4-14(18)9-13/h2-4,9-12,15-16,19H,5-8H2,1H3. The highest BCUT2D eigenvalue weighted by Gasteiger charge is 2.51. The van der Waals surface area contributed by atoms with Crippen molar-refractivity contribution < 1.29 is 9.18 Å². The minimum Gasteiger partial charge on any atom is -0.318 e. The molecular formula is C17H21FN2O. The highest BCUT2D eigenvalue weighted by atomic mass is 19.1. The molecular weight excluding hydrogens is 267 g/mol. The van der Waals surface area contributed by atoms with Gasteiger partial charge < -0.3 is 4.90 Å². The molecule has 0 bridgehead atoms. The molecule has 1 amide bonds. The number of benzene rings is 1. The molecule has 3 fully saturated rings. The zero-order valence-electron chi connectivity index (χ0n) is 12.3. The molecule has 0 spiro atoms. The number of nitrogens with zero attached hydrogens (tertiary/aromatic N) is 1. The predicted molar refractivity (Wildman–Crippen MR) is 77.8 cm³/mol. The average molecular weight is 288 g/mol. The zero-order chi connectivity index (χ0) is 14.6. The quantitative estimate of drug-likeness (QED) is 0.924. The van der Waals surface area contributed by atoms with Crippen molar-refractivity contribution in [3.8, 4) is 0 Å². The van der Waals surface area contributed by atoms with E-state index in [0.29, 0.717) is 17.9 Å². The van der Waals surface area contributed by atoms with Crippen molar-refractivity contribution in [1.82, 2.24) is 10.2 Å². The number of hydrogen-bond donors (Lipinski definition) is 1. The first kappa shape index (κ1) is 13.3. The number of halogens is 1. The molecule has 112 valence electrons. The van der Waals surface area contributed by atoms with Crippen LogP contribution in [0.1, 0.15) is 44.3 Å². The van der Waals surface area contributed by atoms with Crippen molar-refractivity contribution in [2.45, 2.75) is 50.9 Å². The van der Waals surface area contributed by atoms with Gasteiger partial charge in [0, 0.05) is 6.04 Å². The van der Waals surface area contributed by atoms with Gasteiger partial charge >= 0.3 is 0 Å². The molecule has 2 aliphatic carbocycles. The number of amides is 1. The normalized spacial score (nSPS) is 29.5. The summed E-state index contributed by atoms with van der Waals surface area (Å²) in [5.41, 5.74) is 0.860. The largest absolute Gasteiger partial charge is 0.318 e. The van der Waals surface area contributed by atoms with Gasteiger partial charge in [0.05, 0.1) is 6.04 Å². The van der Waals surface area contributed by atoms with Crippen LogP contribution in [0, 0.1) is 17.7 Å². The highest BCUT2D eigenvalue weighted by molar-refractivity contribution is 5.84. The molecule has 1 aromatic rings. The summed E-state index contributed by atoms with van der Waals surface area (Å²) >= 11 is 0. The maximum absolute atomic E-state index is 13.6. The van der Waals surface area contributed by atoms with Crippen LogP contribution < -0.4 is 5.32 Å². The summed E-state index contributed by atoms with van der Waals surface area (Å²) in [7, 11) is 0. The van der Waals surface area contributed by atoms with Gasteiger partial charge in [0.2, 0.25) is 5.91 Å². The Morgan fingerprint density at radius 3 is 2.48 bits per heavy atom. The van der Waals surface area contributed by atoms with E-state index < -0.39 is 0 Å². The summed E-state index contributed by atoms with van der Waals surface area (Å²) in [4.78, 5) is 14.7. The van der Waals surface area contributed by atoms with Crippen LogP contribution in [0.5, 0.6) is 0 Å². The lowest BCUT2D eigenvalue weighted by Crippen LogP contribution is -2.42. The SMILES string of the molecule is CC1NC(c2cccc(F)c2)N(C(C2CC2)C2CC2)C1=O. The van der Waals surface area contributed by atoms with Crippen molar-refractivity contribution in [3.63, 3.8) is 0 Å². The molecule has 4 rings (SSSR count). The van der Waals surface area contributed by atoms with Gasteiger partial charge in [0.25, 0.3) is 0 Å². The van der Waals surface area contributed by atoms with Gasteiger partial charge in [0.1, 0.15) is 12.0 Å². The second-order valence-electron chi connectivity index (χ2n) is 6.76. The van der Waals surface area contributed by atoms with Crippen LogP contribution in [-0.2, 0) is 4.79 Å². The van der Waals surface area contributed by atoms with Crippen molar-refractivity contribution in [1.29, 1.82) is 0 Å². The van der Waals surface area contributed by atoms with Crippen LogP contribution in [0.4, 0.5) is 4.39 Å². The Morgan fingerprint density at radius 1 is 1.24 bits per heavy atom. The van der Waals surface area contributed by atoms with Crippen molar-refractivity contribution >= 4 is 5.91 Å². The van der Waals surface area contributed by atoms with Gasteiger partial charge in [-0.3, -0.25) is 10.1 Å². The van der Waals surface area contributed by atoms with Gasteiger partial charge in [0.15, 0.2) is 0 Å². The number of hydrogen-bond acceptors (Lipinski definition) is 2. The Balaban J connectivity index is 1.69. The molecule has 2 saturated carbocycles. The Bertz CT molecular complexity index is 556. The number of carbonyl (C=O) groups is 1. The maximum Gasteiger partial charge on any atom is 0.241 e. The first-order chi connectivity index (χ1) is 10.1. The molecule has 2 unspecified atom stereocenters. The third-order valence-electron chi connectivity index (χ3n) is 5.01. The maximum atomic E-state index is 13.6. The molecule has 1 aliphatic heterocycles. The van der Waals surface area contributed by atoms with Gasteiger partial charge in [-0.15, -0.1) is 0 Å². The molecule has 1 saturated heterocycles.